The summed E-state index contributed by atoms with van der Waals surface area (Å²) < 4.78 is 1.69. The number of unbranched alkanes of at least 4 members (excludes halogenated alkanes) is 1. The van der Waals surface area contributed by atoms with Crippen molar-refractivity contribution in [3.63, 3.8) is 0 Å². The number of hydrogen-bond donors (Lipinski definition) is 1. The Morgan fingerprint density at radius 1 is 1.25 bits per heavy atom. The topological polar surface area (TPSA) is 38.0 Å². The van der Waals surface area contributed by atoms with Gasteiger partial charge in [-0.3, -0.25) is 0 Å². The Labute approximate surface area is 121 Å². The van der Waals surface area contributed by atoms with Crippen LogP contribution in [0.2, 0.25) is 0 Å². The number of rotatable bonds is 5. The first kappa shape index (κ1) is 14.6. The predicted octanol–water partition coefficient (Wildman–Crippen LogP) is 4.35. The first-order chi connectivity index (χ1) is 9.56. The number of hydrogen-bond acceptors (Lipinski definition) is 2. The minimum absolute atomic E-state index is 0.302. The molecule has 1 aromatic carbocycles. The van der Waals surface area contributed by atoms with Gasteiger partial charge in [0.05, 0.1) is 11.4 Å². The van der Waals surface area contributed by atoms with E-state index >= 15 is 0 Å². The van der Waals surface area contributed by atoms with E-state index in [1.165, 1.54) is 0 Å². The lowest BCUT2D eigenvalue weighted by atomic mass is 10.0. The lowest BCUT2D eigenvalue weighted by Gasteiger charge is -2.06. The van der Waals surface area contributed by atoms with E-state index in [2.05, 4.69) is 25.9 Å². The molecule has 0 aliphatic heterocycles. The number of para-hydroxylation sites is 1. The molecule has 3 heteroatoms. The lowest BCUT2D eigenvalue weighted by Crippen LogP contribution is -1.99. The Morgan fingerprint density at radius 3 is 2.55 bits per heavy atom. The highest BCUT2D eigenvalue weighted by Gasteiger charge is 2.20. The van der Waals surface area contributed by atoms with Gasteiger partial charge in [0.15, 0.2) is 0 Å². The number of aryl methyl sites for hydroxylation is 1. The molecule has 1 aromatic heterocycles. The van der Waals surface area contributed by atoms with Crippen molar-refractivity contribution in [3.05, 3.63) is 41.1 Å². The molecule has 0 unspecified atom stereocenters. The summed E-state index contributed by atoms with van der Waals surface area (Å²) in [5.41, 5.74) is 4.08. The summed E-state index contributed by atoms with van der Waals surface area (Å²) in [4.78, 5) is 0. The molecule has 20 heavy (non-hydrogen) atoms. The SMILES string of the molecule is CCCCc1c(C(C)C)nn(-c2ccccc2C)c1O. The van der Waals surface area contributed by atoms with Crippen molar-refractivity contribution in [2.45, 2.75) is 52.9 Å². The number of aromatic hydroxyl groups is 1. The second-order valence-corrected chi connectivity index (χ2v) is 5.64. The van der Waals surface area contributed by atoms with Gasteiger partial charge < -0.3 is 5.11 Å². The molecule has 0 bridgehead atoms. The predicted molar refractivity (Wildman–Crippen MR) is 82.7 cm³/mol. The zero-order chi connectivity index (χ0) is 14.7. The number of benzene rings is 1. The fraction of sp³-hybridized carbons (Fsp3) is 0.471. The smallest absolute Gasteiger partial charge is 0.217 e. The van der Waals surface area contributed by atoms with Gasteiger partial charge in [0, 0.05) is 5.56 Å². The van der Waals surface area contributed by atoms with Gasteiger partial charge in [-0.2, -0.15) is 5.10 Å². The summed E-state index contributed by atoms with van der Waals surface area (Å²) in [6.07, 6.45) is 3.08. The van der Waals surface area contributed by atoms with Gasteiger partial charge >= 0.3 is 0 Å². The quantitative estimate of drug-likeness (QED) is 0.878. The third-order valence-corrected chi connectivity index (χ3v) is 3.66. The maximum absolute atomic E-state index is 10.6. The molecule has 1 heterocycles. The summed E-state index contributed by atoms with van der Waals surface area (Å²) in [5, 5.41) is 15.2. The zero-order valence-corrected chi connectivity index (χ0v) is 12.8. The average molecular weight is 272 g/mol. The highest BCUT2D eigenvalue weighted by Crippen LogP contribution is 2.31. The van der Waals surface area contributed by atoms with Crippen LogP contribution in [0.15, 0.2) is 24.3 Å². The van der Waals surface area contributed by atoms with Gasteiger partial charge in [-0.25, -0.2) is 4.68 Å². The Bertz CT molecular complexity index is 585. The maximum atomic E-state index is 10.6. The van der Waals surface area contributed by atoms with Crippen molar-refractivity contribution in [1.29, 1.82) is 0 Å². The van der Waals surface area contributed by atoms with Crippen molar-refractivity contribution in [1.82, 2.24) is 9.78 Å². The van der Waals surface area contributed by atoms with Gasteiger partial charge in [0.1, 0.15) is 0 Å². The van der Waals surface area contributed by atoms with Crippen LogP contribution in [0.4, 0.5) is 0 Å². The average Bonchev–Trinajstić information content (AvgIpc) is 2.74. The normalized spacial score (nSPS) is 11.2. The molecule has 0 radical (unpaired) electrons. The van der Waals surface area contributed by atoms with Crippen molar-refractivity contribution in [2.24, 2.45) is 0 Å². The maximum Gasteiger partial charge on any atom is 0.217 e. The van der Waals surface area contributed by atoms with E-state index in [-0.39, 0.29) is 0 Å². The van der Waals surface area contributed by atoms with Crippen LogP contribution in [-0.4, -0.2) is 14.9 Å². The Hall–Kier alpha value is -1.77. The summed E-state index contributed by atoms with van der Waals surface area (Å²) in [6.45, 7) is 8.45. The largest absolute Gasteiger partial charge is 0.493 e. The molecule has 0 aliphatic carbocycles. The summed E-state index contributed by atoms with van der Waals surface area (Å²) in [7, 11) is 0. The van der Waals surface area contributed by atoms with Crippen molar-refractivity contribution in [3.8, 4) is 11.6 Å². The molecule has 0 atom stereocenters. The van der Waals surface area contributed by atoms with E-state index in [0.29, 0.717) is 11.8 Å². The Balaban J connectivity index is 2.53. The van der Waals surface area contributed by atoms with E-state index in [4.69, 9.17) is 0 Å². The minimum Gasteiger partial charge on any atom is -0.493 e. The van der Waals surface area contributed by atoms with Crippen LogP contribution in [-0.2, 0) is 6.42 Å². The van der Waals surface area contributed by atoms with Gasteiger partial charge in [0.25, 0.3) is 0 Å². The molecular weight excluding hydrogens is 248 g/mol. The van der Waals surface area contributed by atoms with Crippen LogP contribution in [0.5, 0.6) is 5.88 Å². The second-order valence-electron chi connectivity index (χ2n) is 5.64. The monoisotopic (exact) mass is 272 g/mol. The summed E-state index contributed by atoms with van der Waals surface area (Å²) in [6, 6.07) is 8.01. The highest BCUT2D eigenvalue weighted by molar-refractivity contribution is 5.45. The highest BCUT2D eigenvalue weighted by atomic mass is 16.3. The fourth-order valence-electron chi connectivity index (χ4n) is 2.48. The third-order valence-electron chi connectivity index (χ3n) is 3.66. The minimum atomic E-state index is 0.302. The van der Waals surface area contributed by atoms with E-state index < -0.39 is 0 Å². The molecule has 3 nitrogen and oxygen atoms in total. The van der Waals surface area contributed by atoms with Gasteiger partial charge in [0.2, 0.25) is 5.88 Å². The van der Waals surface area contributed by atoms with Crippen LogP contribution in [0.25, 0.3) is 5.69 Å². The van der Waals surface area contributed by atoms with Crippen LogP contribution in [0, 0.1) is 6.92 Å². The summed E-state index contributed by atoms with van der Waals surface area (Å²) >= 11 is 0. The van der Waals surface area contributed by atoms with Crippen molar-refractivity contribution in [2.75, 3.05) is 0 Å². The zero-order valence-electron chi connectivity index (χ0n) is 12.8. The lowest BCUT2D eigenvalue weighted by molar-refractivity contribution is 0.427. The third kappa shape index (κ3) is 2.72. The van der Waals surface area contributed by atoms with E-state index in [0.717, 1.165) is 41.8 Å². The van der Waals surface area contributed by atoms with Crippen LogP contribution < -0.4 is 0 Å². The molecule has 0 saturated carbocycles. The number of nitrogens with zero attached hydrogens (tertiary/aromatic N) is 2. The summed E-state index contributed by atoms with van der Waals surface area (Å²) in [5.74, 6) is 0.620. The Kier molecular flexibility index (Phi) is 4.48. The standard InChI is InChI=1S/C17H24N2O/c1-5-6-10-14-16(12(2)3)18-19(17(14)20)15-11-8-7-9-13(15)4/h7-9,11-12,20H,5-6,10H2,1-4H3. The molecule has 2 aromatic rings. The van der Waals surface area contributed by atoms with Gasteiger partial charge in [-0.05, 0) is 37.3 Å². The first-order valence-electron chi connectivity index (χ1n) is 7.43. The molecule has 0 saturated heterocycles. The molecule has 0 amide bonds. The molecule has 108 valence electrons. The fourth-order valence-corrected chi connectivity index (χ4v) is 2.48. The molecule has 0 aliphatic rings. The molecule has 1 N–H and O–H groups in total. The van der Waals surface area contributed by atoms with E-state index in [1.807, 2.05) is 31.2 Å². The van der Waals surface area contributed by atoms with Crippen molar-refractivity contribution >= 4 is 0 Å². The van der Waals surface area contributed by atoms with E-state index in [9.17, 15) is 5.11 Å². The van der Waals surface area contributed by atoms with Crippen LogP contribution in [0.1, 0.15) is 56.4 Å². The number of aromatic nitrogens is 2. The Morgan fingerprint density at radius 2 is 1.95 bits per heavy atom. The van der Waals surface area contributed by atoms with Gasteiger partial charge in [-0.1, -0.05) is 45.4 Å². The molecular formula is C17H24N2O. The molecule has 0 fully saturated rings. The first-order valence-corrected chi connectivity index (χ1v) is 7.43. The van der Waals surface area contributed by atoms with Gasteiger partial charge in [-0.15, -0.1) is 0 Å². The van der Waals surface area contributed by atoms with Crippen LogP contribution >= 0.6 is 0 Å². The molecule has 2 rings (SSSR count). The van der Waals surface area contributed by atoms with Crippen molar-refractivity contribution < 1.29 is 5.11 Å². The molecule has 0 spiro atoms. The van der Waals surface area contributed by atoms with Crippen LogP contribution in [0.3, 0.4) is 0 Å². The second kappa shape index (κ2) is 6.12. The van der Waals surface area contributed by atoms with E-state index in [1.54, 1.807) is 4.68 Å².